The quantitative estimate of drug-likeness (QED) is 0.258. The van der Waals surface area contributed by atoms with Crippen molar-refractivity contribution in [2.45, 2.75) is 31.6 Å². The molecule has 0 saturated carbocycles. The Balaban J connectivity index is 1.48. The third kappa shape index (κ3) is 2.97. The maximum atomic E-state index is 2.50. The zero-order chi connectivity index (χ0) is 20.9. The van der Waals surface area contributed by atoms with Gasteiger partial charge in [0.05, 0.1) is 0 Å². The Morgan fingerprint density at radius 2 is 0.710 bits per heavy atom. The van der Waals surface area contributed by atoms with Crippen molar-refractivity contribution in [3.63, 3.8) is 0 Å². The molecule has 0 aliphatic rings. The number of rotatable bonds is 4. The van der Waals surface area contributed by atoms with Gasteiger partial charge in [0.1, 0.15) is 0 Å². The lowest BCUT2D eigenvalue weighted by atomic mass is 10.2. The van der Waals surface area contributed by atoms with Crippen molar-refractivity contribution in [3.8, 4) is 0 Å². The van der Waals surface area contributed by atoms with Crippen LogP contribution in [0.25, 0.3) is 42.0 Å². The van der Waals surface area contributed by atoms with Crippen LogP contribution in [0.1, 0.15) is 31.6 Å². The molecule has 0 N–H and O–H groups in total. The third-order valence-electron chi connectivity index (χ3n) is 6.80. The Bertz CT molecular complexity index is 1330. The topological polar surface area (TPSA) is 0 Å². The minimum absolute atomic E-state index is 0.309. The highest BCUT2D eigenvalue weighted by molar-refractivity contribution is 7.62. The summed E-state index contributed by atoms with van der Waals surface area (Å²) in [6.45, 7) is 5.01. The lowest BCUT2D eigenvalue weighted by Gasteiger charge is -2.20. The molecular weight excluding hydrogens is 410 g/mol. The molecular formula is C29H26P2. The predicted molar refractivity (Wildman–Crippen MR) is 142 cm³/mol. The Morgan fingerprint density at radius 3 is 1.00 bits per heavy atom. The molecule has 2 atom stereocenters. The molecule has 2 heteroatoms. The van der Waals surface area contributed by atoms with Gasteiger partial charge in [-0.15, -0.1) is 15.1 Å². The lowest BCUT2D eigenvalue weighted by molar-refractivity contribution is 0.724. The van der Waals surface area contributed by atoms with Gasteiger partial charge < -0.3 is 0 Å². The normalized spacial score (nSPS) is 14.0. The van der Waals surface area contributed by atoms with Gasteiger partial charge in [0, 0.05) is 20.5 Å². The number of benzene rings is 4. The van der Waals surface area contributed by atoms with Crippen LogP contribution in [0.15, 0.2) is 97.1 Å². The van der Waals surface area contributed by atoms with Crippen LogP contribution in [0.2, 0.25) is 0 Å². The largest absolute Gasteiger partial charge is 0.106 e. The van der Waals surface area contributed by atoms with Gasteiger partial charge in [-0.3, -0.25) is 0 Å². The summed E-state index contributed by atoms with van der Waals surface area (Å²) in [5.41, 5.74) is 1.33. The molecule has 2 aromatic heterocycles. The van der Waals surface area contributed by atoms with Crippen molar-refractivity contribution in [1.29, 1.82) is 0 Å². The van der Waals surface area contributed by atoms with Crippen LogP contribution in [-0.2, 0) is 0 Å². The summed E-state index contributed by atoms with van der Waals surface area (Å²) < 4.78 is 0. The van der Waals surface area contributed by atoms with E-state index in [-0.39, 0.29) is 15.1 Å². The van der Waals surface area contributed by atoms with Crippen molar-refractivity contribution in [1.82, 2.24) is 0 Å². The second-order valence-corrected chi connectivity index (χ2v) is 13.9. The minimum atomic E-state index is -0.309. The zero-order valence-corrected chi connectivity index (χ0v) is 19.8. The molecule has 0 saturated heterocycles. The monoisotopic (exact) mass is 436 g/mol. The first kappa shape index (κ1) is 19.2. The molecule has 0 fully saturated rings. The van der Waals surface area contributed by atoms with E-state index in [2.05, 4.69) is 111 Å². The van der Waals surface area contributed by atoms with E-state index in [9.17, 15) is 0 Å². The summed E-state index contributed by atoms with van der Waals surface area (Å²) in [5.74, 6) is 0. The second kappa shape index (κ2) is 7.56. The average Bonchev–Trinajstić information content (AvgIpc) is 3.32. The number of fused-ring (bicyclic) bond motifs is 6. The highest BCUT2D eigenvalue weighted by Crippen LogP contribution is 2.62. The maximum Gasteiger partial charge on any atom is 0.00264 e. The van der Waals surface area contributed by atoms with Crippen LogP contribution in [0.5, 0.6) is 0 Å². The van der Waals surface area contributed by atoms with Crippen molar-refractivity contribution in [2.24, 2.45) is 0 Å². The fourth-order valence-corrected chi connectivity index (χ4v) is 12.0. The first-order valence-electron chi connectivity index (χ1n) is 11.2. The van der Waals surface area contributed by atoms with E-state index >= 15 is 0 Å². The van der Waals surface area contributed by atoms with Gasteiger partial charge in [-0.1, -0.05) is 111 Å². The molecule has 2 heterocycles. The molecule has 0 bridgehead atoms. The van der Waals surface area contributed by atoms with E-state index in [1.165, 1.54) is 28.0 Å². The molecule has 4 aromatic carbocycles. The fraction of sp³-hybridized carbons (Fsp3) is 0.172. The van der Waals surface area contributed by atoms with Crippen molar-refractivity contribution in [2.75, 3.05) is 0 Å². The maximum absolute atomic E-state index is 2.50. The zero-order valence-electron chi connectivity index (χ0n) is 18.0. The van der Waals surface area contributed by atoms with E-state index in [4.69, 9.17) is 0 Å². The molecule has 0 aliphatic carbocycles. The molecule has 0 spiro atoms. The number of hydrogen-bond acceptors (Lipinski definition) is 0. The SMILES string of the molecule is C[C@@H](C[C@H](C)p1c2ccccc2c2ccccc21)p1c2ccccc2c2ccccc21. The fourth-order valence-electron chi connectivity index (χ4n) is 5.56. The summed E-state index contributed by atoms with van der Waals surface area (Å²) in [6, 6.07) is 36.5. The summed E-state index contributed by atoms with van der Waals surface area (Å²) in [5, 5.41) is 12.2. The van der Waals surface area contributed by atoms with Gasteiger partial charge in [-0.05, 0) is 39.3 Å². The van der Waals surface area contributed by atoms with Crippen molar-refractivity contribution < 1.29 is 0 Å². The van der Waals surface area contributed by atoms with Gasteiger partial charge in [0.2, 0.25) is 0 Å². The Labute approximate surface area is 185 Å². The molecule has 0 radical (unpaired) electrons. The number of hydrogen-bond donors (Lipinski definition) is 0. The van der Waals surface area contributed by atoms with Crippen LogP contribution in [0.3, 0.4) is 0 Å². The summed E-state index contributed by atoms with van der Waals surface area (Å²) in [7, 11) is -0.618. The van der Waals surface area contributed by atoms with Crippen molar-refractivity contribution >= 4 is 57.1 Å². The summed E-state index contributed by atoms with van der Waals surface area (Å²) in [6.07, 6.45) is 1.27. The average molecular weight is 436 g/mol. The highest BCUT2D eigenvalue weighted by atomic mass is 31.1. The highest BCUT2D eigenvalue weighted by Gasteiger charge is 2.22. The van der Waals surface area contributed by atoms with E-state index in [0.29, 0.717) is 11.3 Å². The molecule has 6 aromatic rings. The standard InChI is InChI=1S/C29H26P2/c1-20(30-26-15-7-3-11-22(26)23-12-4-8-16-27(23)30)19-21(2)31-28-17-9-5-13-24(28)25-14-6-10-18-29(25)31/h3-18,20-21H,19H2,1-2H3/t20-,21-/m0/s1. The van der Waals surface area contributed by atoms with E-state index in [1.54, 1.807) is 20.5 Å². The Hall–Kier alpha value is -2.52. The van der Waals surface area contributed by atoms with Gasteiger partial charge in [0.25, 0.3) is 0 Å². The molecule has 0 amide bonds. The van der Waals surface area contributed by atoms with Gasteiger partial charge >= 0.3 is 0 Å². The van der Waals surface area contributed by atoms with Crippen LogP contribution in [-0.4, -0.2) is 0 Å². The molecule has 0 aliphatic heterocycles. The smallest absolute Gasteiger partial charge is 0.00264 e. The van der Waals surface area contributed by atoms with Crippen LogP contribution in [0, 0.1) is 0 Å². The Morgan fingerprint density at radius 1 is 0.452 bits per heavy atom. The molecule has 0 unspecified atom stereocenters. The van der Waals surface area contributed by atoms with E-state index < -0.39 is 0 Å². The van der Waals surface area contributed by atoms with Gasteiger partial charge in [-0.2, -0.15) is 0 Å². The molecule has 31 heavy (non-hydrogen) atoms. The minimum Gasteiger partial charge on any atom is -0.106 e. The van der Waals surface area contributed by atoms with E-state index in [1.807, 2.05) is 0 Å². The predicted octanol–water partition coefficient (Wildman–Crippen LogP) is 10.5. The van der Waals surface area contributed by atoms with Crippen LogP contribution >= 0.6 is 15.1 Å². The van der Waals surface area contributed by atoms with E-state index in [0.717, 1.165) is 0 Å². The van der Waals surface area contributed by atoms with Gasteiger partial charge in [-0.25, -0.2) is 0 Å². The first-order valence-corrected chi connectivity index (χ1v) is 14.0. The Kier molecular flexibility index (Phi) is 4.68. The molecule has 6 rings (SSSR count). The third-order valence-corrected chi connectivity index (χ3v) is 12.6. The second-order valence-electron chi connectivity index (χ2n) is 8.74. The molecule has 152 valence electrons. The van der Waals surface area contributed by atoms with Crippen LogP contribution < -0.4 is 0 Å². The lowest BCUT2D eigenvalue weighted by Crippen LogP contribution is -1.89. The summed E-state index contributed by atoms with van der Waals surface area (Å²) >= 11 is 0. The van der Waals surface area contributed by atoms with Crippen molar-refractivity contribution in [3.05, 3.63) is 97.1 Å². The summed E-state index contributed by atoms with van der Waals surface area (Å²) in [4.78, 5) is 0. The first-order chi connectivity index (χ1) is 15.2. The molecule has 0 nitrogen and oxygen atoms in total. The van der Waals surface area contributed by atoms with Crippen LogP contribution in [0.4, 0.5) is 0 Å². The van der Waals surface area contributed by atoms with Gasteiger partial charge in [0.15, 0.2) is 0 Å².